The molecular formula is C25H21F3N2O2S. The number of nitrogens with one attached hydrogen (secondary N) is 1. The topological polar surface area (TPSA) is 43.3 Å². The van der Waals surface area contributed by atoms with Gasteiger partial charge >= 0.3 is 6.36 Å². The summed E-state index contributed by atoms with van der Waals surface area (Å²) in [5, 5.41) is 3.83. The molecule has 0 unspecified atom stereocenters. The molecular weight excluding hydrogens is 449 g/mol. The molecule has 1 aromatic heterocycles. The summed E-state index contributed by atoms with van der Waals surface area (Å²) in [6, 6.07) is 21.2. The van der Waals surface area contributed by atoms with Gasteiger partial charge in [0.1, 0.15) is 5.75 Å². The Balaban J connectivity index is 1.59. The Labute approximate surface area is 193 Å². The van der Waals surface area contributed by atoms with Gasteiger partial charge in [0, 0.05) is 39.1 Å². The highest BCUT2D eigenvalue weighted by Gasteiger charge is 2.31. The third-order valence-corrected chi connectivity index (χ3v) is 6.26. The average Bonchev–Trinajstić information content (AvgIpc) is 3.00. The van der Waals surface area contributed by atoms with Crippen LogP contribution >= 0.6 is 11.8 Å². The summed E-state index contributed by atoms with van der Waals surface area (Å²) in [7, 11) is 1.93. The van der Waals surface area contributed by atoms with Crippen LogP contribution in [0.3, 0.4) is 0 Å². The number of carbonyl (C=O) groups excluding carboxylic acids is 1. The van der Waals surface area contributed by atoms with Gasteiger partial charge in [-0.1, -0.05) is 41.6 Å². The summed E-state index contributed by atoms with van der Waals surface area (Å²) in [5.74, 6) is -0.608. The van der Waals surface area contributed by atoms with Crippen molar-refractivity contribution in [3.05, 3.63) is 84.1 Å². The number of aryl methyl sites for hydroxylation is 2. The normalized spacial score (nSPS) is 11.5. The van der Waals surface area contributed by atoms with E-state index in [0.29, 0.717) is 5.69 Å². The number of fused-ring (bicyclic) bond motifs is 1. The zero-order valence-corrected chi connectivity index (χ0v) is 18.8. The van der Waals surface area contributed by atoms with Gasteiger partial charge in [-0.05, 0) is 55.5 Å². The predicted molar refractivity (Wildman–Crippen MR) is 124 cm³/mol. The van der Waals surface area contributed by atoms with Crippen LogP contribution in [0.2, 0.25) is 0 Å². The molecule has 170 valence electrons. The largest absolute Gasteiger partial charge is 0.573 e. The fourth-order valence-electron chi connectivity index (χ4n) is 3.59. The Morgan fingerprint density at radius 3 is 2.39 bits per heavy atom. The van der Waals surface area contributed by atoms with E-state index in [9.17, 15) is 18.0 Å². The number of halogens is 3. The molecule has 0 spiro atoms. The molecule has 0 fully saturated rings. The summed E-state index contributed by atoms with van der Waals surface area (Å²) in [5.41, 5.74) is 3.40. The lowest BCUT2D eigenvalue weighted by Crippen LogP contribution is -2.18. The molecule has 0 bridgehead atoms. The first kappa shape index (κ1) is 22.8. The highest BCUT2D eigenvalue weighted by atomic mass is 32.2. The minimum absolute atomic E-state index is 0.111. The Bertz CT molecular complexity index is 1280. The van der Waals surface area contributed by atoms with Gasteiger partial charge in [-0.3, -0.25) is 4.79 Å². The molecule has 0 aliphatic heterocycles. The highest BCUT2D eigenvalue weighted by Crippen LogP contribution is 2.39. The van der Waals surface area contributed by atoms with Gasteiger partial charge in [0.25, 0.3) is 0 Å². The molecule has 0 saturated carbocycles. The minimum atomic E-state index is -4.76. The lowest BCUT2D eigenvalue weighted by molar-refractivity contribution is -0.274. The van der Waals surface area contributed by atoms with Crippen LogP contribution in [0.15, 0.2) is 82.6 Å². The number of amides is 1. The van der Waals surface area contributed by atoms with Crippen LogP contribution in [0.1, 0.15) is 11.3 Å². The monoisotopic (exact) mass is 470 g/mol. The number of anilines is 1. The molecule has 0 atom stereocenters. The second-order valence-corrected chi connectivity index (χ2v) is 8.65. The second-order valence-electron chi connectivity index (χ2n) is 7.57. The van der Waals surface area contributed by atoms with Crippen LogP contribution in [0.4, 0.5) is 18.9 Å². The van der Waals surface area contributed by atoms with E-state index in [4.69, 9.17) is 0 Å². The SMILES string of the molecule is Cc1ccc2c(c1)c(Sc1ccccc1)c(CC(=O)Nc1ccc(OC(F)(F)F)cc1)n2C. The summed E-state index contributed by atoms with van der Waals surface area (Å²) >= 11 is 1.60. The van der Waals surface area contributed by atoms with Crippen LogP contribution < -0.4 is 10.1 Å². The number of hydrogen-bond donors (Lipinski definition) is 1. The zero-order chi connectivity index (χ0) is 23.6. The molecule has 0 aliphatic rings. The van der Waals surface area contributed by atoms with Crippen molar-refractivity contribution in [1.82, 2.24) is 4.57 Å². The number of benzene rings is 3. The Morgan fingerprint density at radius 2 is 1.73 bits per heavy atom. The molecule has 3 aromatic carbocycles. The van der Waals surface area contributed by atoms with E-state index < -0.39 is 6.36 Å². The van der Waals surface area contributed by atoms with Crippen molar-refractivity contribution in [3.63, 3.8) is 0 Å². The minimum Gasteiger partial charge on any atom is -0.406 e. The van der Waals surface area contributed by atoms with Crippen molar-refractivity contribution in [1.29, 1.82) is 0 Å². The van der Waals surface area contributed by atoms with Crippen molar-refractivity contribution in [2.45, 2.75) is 29.5 Å². The summed E-state index contributed by atoms with van der Waals surface area (Å²) in [6.45, 7) is 2.03. The number of carbonyl (C=O) groups is 1. The molecule has 1 heterocycles. The van der Waals surface area contributed by atoms with E-state index in [1.165, 1.54) is 24.3 Å². The molecule has 4 rings (SSSR count). The first-order valence-corrected chi connectivity index (χ1v) is 11.0. The zero-order valence-electron chi connectivity index (χ0n) is 17.9. The van der Waals surface area contributed by atoms with Crippen molar-refractivity contribution in [3.8, 4) is 5.75 Å². The van der Waals surface area contributed by atoms with Crippen molar-refractivity contribution < 1.29 is 22.7 Å². The predicted octanol–water partition coefficient (Wildman–Crippen LogP) is 6.72. The number of rotatable bonds is 6. The van der Waals surface area contributed by atoms with Crippen molar-refractivity contribution in [2.75, 3.05) is 5.32 Å². The van der Waals surface area contributed by atoms with Gasteiger partial charge in [-0.2, -0.15) is 0 Å². The fourth-order valence-corrected chi connectivity index (χ4v) is 4.72. The Morgan fingerprint density at radius 1 is 1.03 bits per heavy atom. The van der Waals surface area contributed by atoms with Crippen LogP contribution in [0.5, 0.6) is 5.75 Å². The van der Waals surface area contributed by atoms with Gasteiger partial charge in [0.2, 0.25) is 5.91 Å². The van der Waals surface area contributed by atoms with E-state index in [-0.39, 0.29) is 18.1 Å². The first-order valence-electron chi connectivity index (χ1n) is 10.2. The maximum absolute atomic E-state index is 12.9. The maximum Gasteiger partial charge on any atom is 0.573 e. The number of nitrogens with zero attached hydrogens (tertiary/aromatic N) is 1. The fraction of sp³-hybridized carbons (Fsp3) is 0.160. The van der Waals surface area contributed by atoms with Crippen LogP contribution in [-0.2, 0) is 18.3 Å². The molecule has 0 saturated heterocycles. The summed E-state index contributed by atoms with van der Waals surface area (Å²) < 4.78 is 42.9. The third kappa shape index (κ3) is 5.51. The molecule has 33 heavy (non-hydrogen) atoms. The van der Waals surface area contributed by atoms with Gasteiger partial charge < -0.3 is 14.6 Å². The van der Waals surface area contributed by atoms with Crippen LogP contribution in [0.25, 0.3) is 10.9 Å². The van der Waals surface area contributed by atoms with Gasteiger partial charge in [-0.25, -0.2) is 0 Å². The lowest BCUT2D eigenvalue weighted by atomic mass is 10.2. The molecule has 0 radical (unpaired) electrons. The van der Waals surface area contributed by atoms with Gasteiger partial charge in [-0.15, -0.1) is 13.2 Å². The Hall–Kier alpha value is -3.39. The van der Waals surface area contributed by atoms with Gasteiger partial charge in [0.15, 0.2) is 0 Å². The summed E-state index contributed by atoms with van der Waals surface area (Å²) in [4.78, 5) is 14.9. The standard InChI is InChI=1S/C25H21F3N2O2S/c1-16-8-13-21-20(14-16)24(33-19-6-4-3-5-7-19)22(30(21)2)15-23(31)29-17-9-11-18(12-10-17)32-25(26,27)28/h3-14H,15H2,1-2H3,(H,29,31). The van der Waals surface area contributed by atoms with Crippen molar-refractivity contribution in [2.24, 2.45) is 7.05 Å². The van der Waals surface area contributed by atoms with Gasteiger partial charge in [0.05, 0.1) is 6.42 Å². The Kier molecular flexibility index (Phi) is 6.37. The average molecular weight is 471 g/mol. The lowest BCUT2D eigenvalue weighted by Gasteiger charge is -2.11. The number of aromatic nitrogens is 1. The smallest absolute Gasteiger partial charge is 0.406 e. The van der Waals surface area contributed by atoms with E-state index in [1.807, 2.05) is 61.0 Å². The van der Waals surface area contributed by atoms with Crippen molar-refractivity contribution >= 4 is 34.3 Å². The third-order valence-electron chi connectivity index (χ3n) is 5.09. The van der Waals surface area contributed by atoms with E-state index >= 15 is 0 Å². The number of ether oxygens (including phenoxy) is 1. The van der Waals surface area contributed by atoms with E-state index in [0.717, 1.165) is 32.0 Å². The summed E-state index contributed by atoms with van der Waals surface area (Å²) in [6.07, 6.45) is -4.65. The maximum atomic E-state index is 12.9. The van der Waals surface area contributed by atoms with Crippen LogP contribution in [0, 0.1) is 6.92 Å². The first-order chi connectivity index (χ1) is 15.7. The quantitative estimate of drug-likeness (QED) is 0.340. The number of hydrogen-bond acceptors (Lipinski definition) is 3. The highest BCUT2D eigenvalue weighted by molar-refractivity contribution is 7.99. The molecule has 1 amide bonds. The second kappa shape index (κ2) is 9.23. The number of alkyl halides is 3. The molecule has 4 aromatic rings. The molecule has 0 aliphatic carbocycles. The molecule has 8 heteroatoms. The van der Waals surface area contributed by atoms with E-state index in [2.05, 4.69) is 16.1 Å². The molecule has 1 N–H and O–H groups in total. The van der Waals surface area contributed by atoms with Crippen LogP contribution in [-0.4, -0.2) is 16.8 Å². The van der Waals surface area contributed by atoms with E-state index in [1.54, 1.807) is 11.8 Å². The molecule has 4 nitrogen and oxygen atoms in total.